The molecule has 4 aromatic rings. The summed E-state index contributed by atoms with van der Waals surface area (Å²) in [5.41, 5.74) is 6.74. The largest absolute Gasteiger partial charge is 0.573 e. The predicted octanol–water partition coefficient (Wildman–Crippen LogP) is 7.83. The summed E-state index contributed by atoms with van der Waals surface area (Å²) in [6.45, 7) is 8.42. The number of aryl methyl sites for hydroxylation is 3. The molecule has 1 aliphatic heterocycles. The van der Waals surface area contributed by atoms with Gasteiger partial charge in [-0.2, -0.15) is 4.99 Å². The van der Waals surface area contributed by atoms with Crippen LogP contribution in [0.2, 0.25) is 0 Å². The van der Waals surface area contributed by atoms with Gasteiger partial charge in [-0.3, -0.25) is 0 Å². The van der Waals surface area contributed by atoms with Crippen LogP contribution in [0.4, 0.5) is 23.7 Å². The summed E-state index contributed by atoms with van der Waals surface area (Å²) in [6.07, 6.45) is 1.05. The molecule has 228 valence electrons. The smallest absolute Gasteiger partial charge is 0.406 e. The molecular formula is C32H31F3N6O2S. The zero-order valence-electron chi connectivity index (χ0n) is 24.6. The van der Waals surface area contributed by atoms with Gasteiger partial charge in [-0.15, -0.1) is 18.3 Å². The van der Waals surface area contributed by atoms with Gasteiger partial charge >= 0.3 is 12.4 Å². The summed E-state index contributed by atoms with van der Waals surface area (Å²) in [5, 5.41) is 7.85. The Kier molecular flexibility index (Phi) is 9.09. The lowest BCUT2D eigenvalue weighted by molar-refractivity contribution is -0.274. The Labute approximate surface area is 257 Å². The van der Waals surface area contributed by atoms with E-state index in [1.54, 1.807) is 24.0 Å². The molecule has 3 aromatic carbocycles. The minimum atomic E-state index is -4.75. The zero-order valence-corrected chi connectivity index (χ0v) is 25.4. The molecule has 0 radical (unpaired) electrons. The van der Waals surface area contributed by atoms with Crippen molar-refractivity contribution in [2.24, 2.45) is 4.99 Å². The molecule has 5 rings (SSSR count). The maximum atomic E-state index is 12.8. The zero-order chi connectivity index (χ0) is 31.4. The van der Waals surface area contributed by atoms with Gasteiger partial charge in [-0.1, -0.05) is 53.7 Å². The van der Waals surface area contributed by atoms with E-state index in [0.717, 1.165) is 40.1 Å². The molecule has 2 amide bonds. The monoisotopic (exact) mass is 620 g/mol. The average molecular weight is 621 g/mol. The van der Waals surface area contributed by atoms with Crippen molar-refractivity contribution < 1.29 is 22.7 Å². The Morgan fingerprint density at radius 1 is 1.07 bits per heavy atom. The minimum Gasteiger partial charge on any atom is -0.406 e. The molecule has 0 spiro atoms. The van der Waals surface area contributed by atoms with Crippen LogP contribution >= 0.6 is 11.8 Å². The van der Waals surface area contributed by atoms with Crippen LogP contribution in [-0.4, -0.2) is 44.1 Å². The van der Waals surface area contributed by atoms with Gasteiger partial charge in [0.2, 0.25) is 0 Å². The van der Waals surface area contributed by atoms with Crippen LogP contribution in [0.15, 0.2) is 78.2 Å². The van der Waals surface area contributed by atoms with Crippen LogP contribution in [0.25, 0.3) is 23.2 Å². The summed E-state index contributed by atoms with van der Waals surface area (Å²) < 4.78 is 42.6. The fourth-order valence-corrected chi connectivity index (χ4v) is 6.25. The number of amides is 2. The number of hydrogen-bond acceptors (Lipinski definition) is 5. The third-order valence-corrected chi connectivity index (χ3v) is 7.95. The fraction of sp³-hybridized carbons (Fsp3) is 0.250. The average Bonchev–Trinajstić information content (AvgIpc) is 3.44. The van der Waals surface area contributed by atoms with E-state index in [9.17, 15) is 18.0 Å². The van der Waals surface area contributed by atoms with E-state index < -0.39 is 12.4 Å². The lowest BCUT2D eigenvalue weighted by Crippen LogP contribution is -2.42. The fourth-order valence-electron chi connectivity index (χ4n) is 5.05. The molecular weight excluding hydrogens is 589 g/mol. The molecule has 1 N–H and O–H groups in total. The Balaban J connectivity index is 1.22. The third kappa shape index (κ3) is 7.49. The molecule has 1 fully saturated rings. The Morgan fingerprint density at radius 3 is 2.41 bits per heavy atom. The normalized spacial score (nSPS) is 16.5. The third-order valence-electron chi connectivity index (χ3n) is 6.97. The summed E-state index contributed by atoms with van der Waals surface area (Å²) in [7, 11) is 0. The van der Waals surface area contributed by atoms with Gasteiger partial charge < -0.3 is 15.0 Å². The van der Waals surface area contributed by atoms with Crippen molar-refractivity contribution >= 4 is 34.7 Å². The quantitative estimate of drug-likeness (QED) is 0.237. The second-order valence-corrected chi connectivity index (χ2v) is 11.5. The van der Waals surface area contributed by atoms with E-state index in [-0.39, 0.29) is 11.8 Å². The lowest BCUT2D eigenvalue weighted by Gasteiger charge is -2.37. The van der Waals surface area contributed by atoms with E-state index >= 15 is 0 Å². The number of nitrogens with one attached hydrogen (secondary N) is 1. The first-order chi connectivity index (χ1) is 21.0. The molecule has 0 bridgehead atoms. The van der Waals surface area contributed by atoms with E-state index in [4.69, 9.17) is 0 Å². The number of aromatic nitrogens is 3. The van der Waals surface area contributed by atoms with Crippen LogP contribution in [0.1, 0.15) is 35.6 Å². The molecule has 1 aromatic heterocycles. The van der Waals surface area contributed by atoms with E-state index in [1.165, 1.54) is 40.8 Å². The van der Waals surface area contributed by atoms with Crippen LogP contribution in [0, 0.1) is 20.8 Å². The number of thioether (sulfide) groups is 1. The molecule has 1 unspecified atom stereocenters. The van der Waals surface area contributed by atoms with Gasteiger partial charge in [0, 0.05) is 29.2 Å². The van der Waals surface area contributed by atoms with Gasteiger partial charge in [0.05, 0.1) is 5.69 Å². The number of ether oxygens (including phenoxy) is 1. The molecule has 1 atom stereocenters. The molecule has 2 heterocycles. The number of hydrogen-bond donors (Lipinski definition) is 1. The van der Waals surface area contributed by atoms with Gasteiger partial charge in [-0.05, 0) is 81.1 Å². The molecule has 0 aliphatic carbocycles. The van der Waals surface area contributed by atoms with Gasteiger partial charge in [-0.25, -0.2) is 14.5 Å². The summed E-state index contributed by atoms with van der Waals surface area (Å²) in [5.74, 6) is 1.03. The highest BCUT2D eigenvalue weighted by molar-refractivity contribution is 8.14. The highest BCUT2D eigenvalue weighted by atomic mass is 32.2. The maximum absolute atomic E-state index is 12.8. The van der Waals surface area contributed by atoms with Crippen molar-refractivity contribution in [1.29, 1.82) is 0 Å². The van der Waals surface area contributed by atoms with Crippen LogP contribution < -0.4 is 15.0 Å². The van der Waals surface area contributed by atoms with Crippen molar-refractivity contribution in [2.75, 3.05) is 10.7 Å². The number of nitrogens with zero attached hydrogens (tertiary/aromatic N) is 5. The molecule has 0 saturated carbocycles. The van der Waals surface area contributed by atoms with Gasteiger partial charge in [0.25, 0.3) is 0 Å². The van der Waals surface area contributed by atoms with Crippen molar-refractivity contribution in [1.82, 2.24) is 20.1 Å². The number of alkyl halides is 3. The SMILES string of the molecule is Cc1cc(C)c(N2C(=NC(=O)N/C=C/c3ccc(-c4ncn(-c5ccc(OC(F)(F)F)cc5)n4)cc3)SCCC2C)c(C)c1. The number of carbonyl (C=O) groups is 1. The molecule has 12 heteroatoms. The molecule has 8 nitrogen and oxygen atoms in total. The Bertz CT molecular complexity index is 1680. The molecule has 1 saturated heterocycles. The summed E-state index contributed by atoms with van der Waals surface area (Å²) >= 11 is 1.58. The number of anilines is 1. The number of benzene rings is 3. The first-order valence-electron chi connectivity index (χ1n) is 13.9. The van der Waals surface area contributed by atoms with Crippen LogP contribution in [0.5, 0.6) is 5.75 Å². The maximum Gasteiger partial charge on any atom is 0.573 e. The Hall–Kier alpha value is -4.58. The predicted molar refractivity (Wildman–Crippen MR) is 168 cm³/mol. The number of amidine groups is 1. The second-order valence-electron chi connectivity index (χ2n) is 10.5. The van der Waals surface area contributed by atoms with Crippen molar-refractivity contribution in [2.45, 2.75) is 46.5 Å². The summed E-state index contributed by atoms with van der Waals surface area (Å²) in [4.78, 5) is 23.7. The first kappa shape index (κ1) is 30.9. The van der Waals surface area contributed by atoms with Crippen molar-refractivity contribution in [3.05, 3.63) is 95.4 Å². The van der Waals surface area contributed by atoms with E-state index in [1.807, 2.05) is 24.3 Å². The topological polar surface area (TPSA) is 84.6 Å². The molecule has 1 aliphatic rings. The van der Waals surface area contributed by atoms with Crippen LogP contribution in [0.3, 0.4) is 0 Å². The standard InChI is InChI=1S/C32H31F3N6O2S/c1-20-17-21(2)28(22(3)18-20)41-23(4)14-16-44-31(41)38-30(42)36-15-13-24-5-7-25(8-6-24)29-37-19-40(39-29)26-9-11-27(12-10-26)43-32(33,34)35/h5-13,15,17-19,23H,14,16H2,1-4H3,(H,36,42)/b15-13+,38-31?. The number of urea groups is 1. The number of carbonyl (C=O) groups excluding carboxylic acids is 1. The van der Waals surface area contributed by atoms with Crippen molar-refractivity contribution in [3.8, 4) is 22.8 Å². The Morgan fingerprint density at radius 2 is 1.75 bits per heavy atom. The summed E-state index contributed by atoms with van der Waals surface area (Å²) in [6, 6.07) is 16.8. The van der Waals surface area contributed by atoms with E-state index in [2.05, 4.69) is 69.9 Å². The number of aliphatic imine (C=N–C) groups is 1. The highest BCUT2D eigenvalue weighted by Gasteiger charge is 2.31. The first-order valence-corrected chi connectivity index (χ1v) is 14.9. The number of rotatable bonds is 6. The lowest BCUT2D eigenvalue weighted by atomic mass is 10.0. The number of halogens is 3. The molecule has 44 heavy (non-hydrogen) atoms. The van der Waals surface area contributed by atoms with Gasteiger partial charge in [0.1, 0.15) is 12.1 Å². The second kappa shape index (κ2) is 13.0. The highest BCUT2D eigenvalue weighted by Crippen LogP contribution is 2.34. The van der Waals surface area contributed by atoms with Crippen molar-refractivity contribution in [3.63, 3.8) is 0 Å². The van der Waals surface area contributed by atoms with Gasteiger partial charge in [0.15, 0.2) is 11.0 Å². The minimum absolute atomic E-state index is 0.219. The van der Waals surface area contributed by atoms with Crippen LogP contribution in [-0.2, 0) is 0 Å². The van der Waals surface area contributed by atoms with E-state index in [0.29, 0.717) is 16.7 Å².